The lowest BCUT2D eigenvalue weighted by atomic mass is 9.74. The van der Waals surface area contributed by atoms with Gasteiger partial charge in [0.2, 0.25) is 5.71 Å². The third-order valence-corrected chi connectivity index (χ3v) is 11.6. The molecule has 4 heterocycles. The molecule has 3 aromatic heterocycles. The molecule has 4 heteroatoms. The first-order valence-electron chi connectivity index (χ1n) is 17.4. The second kappa shape index (κ2) is 9.36. The van der Waals surface area contributed by atoms with Gasteiger partial charge < -0.3 is 4.42 Å². The highest BCUT2D eigenvalue weighted by Gasteiger charge is 2.38. The normalized spacial score (nSPS) is 15.1. The van der Waals surface area contributed by atoms with Crippen LogP contribution < -0.4 is 0 Å². The van der Waals surface area contributed by atoms with Gasteiger partial charge in [-0.3, -0.25) is 4.57 Å². The minimum atomic E-state index is -0.251. The predicted octanol–water partition coefficient (Wildman–Crippen LogP) is 11.8. The summed E-state index contributed by atoms with van der Waals surface area (Å²) in [5, 5.41) is 4.61. The van der Waals surface area contributed by atoms with Gasteiger partial charge in [0.25, 0.3) is 0 Å². The summed E-state index contributed by atoms with van der Waals surface area (Å²) in [6.07, 6.45) is 0. The zero-order chi connectivity index (χ0) is 33.5. The Labute approximate surface area is 289 Å². The first-order chi connectivity index (χ1) is 24.3. The number of aromatic nitrogens is 3. The van der Waals surface area contributed by atoms with E-state index >= 15 is 0 Å². The van der Waals surface area contributed by atoms with E-state index in [0.29, 0.717) is 0 Å². The number of para-hydroxylation sites is 3. The maximum Gasteiger partial charge on any atom is 0.213 e. The van der Waals surface area contributed by atoms with E-state index in [1.54, 1.807) is 0 Å². The highest BCUT2D eigenvalue weighted by atomic mass is 16.3. The Bertz CT molecular complexity index is 2940. The Kier molecular flexibility index (Phi) is 5.23. The van der Waals surface area contributed by atoms with Crippen molar-refractivity contribution in [1.29, 1.82) is 0 Å². The summed E-state index contributed by atoms with van der Waals surface area (Å²) in [5.41, 5.74) is 15.7. The predicted molar refractivity (Wildman–Crippen MR) is 204 cm³/mol. The van der Waals surface area contributed by atoms with E-state index < -0.39 is 0 Å². The summed E-state index contributed by atoms with van der Waals surface area (Å²) in [5.74, 6) is 0.742. The highest BCUT2D eigenvalue weighted by Crippen LogP contribution is 2.51. The van der Waals surface area contributed by atoms with Crippen molar-refractivity contribution in [3.8, 4) is 39.5 Å². The Hall–Kier alpha value is -6.00. The molecule has 0 radical (unpaired) electrons. The van der Waals surface area contributed by atoms with E-state index in [1.165, 1.54) is 49.7 Å². The van der Waals surface area contributed by atoms with Crippen molar-refractivity contribution in [3.05, 3.63) is 150 Å². The van der Waals surface area contributed by atoms with Gasteiger partial charge in [0.1, 0.15) is 5.58 Å². The Balaban J connectivity index is 1.13. The first kappa shape index (κ1) is 27.9. The fourth-order valence-corrected chi connectivity index (χ4v) is 9.07. The van der Waals surface area contributed by atoms with E-state index in [-0.39, 0.29) is 10.8 Å². The molecule has 11 rings (SSSR count). The molecule has 6 aromatic carbocycles. The topological polar surface area (TPSA) is 43.9 Å². The number of nitrogens with zero attached hydrogens (tertiary/aromatic N) is 3. The average molecular weight is 644 g/mol. The molecule has 1 aliphatic heterocycles. The van der Waals surface area contributed by atoms with Crippen LogP contribution in [0.1, 0.15) is 49.9 Å². The minimum Gasteiger partial charge on any atom is -0.439 e. The van der Waals surface area contributed by atoms with Crippen LogP contribution >= 0.6 is 0 Å². The fraction of sp³-hybridized carbons (Fsp3) is 0.130. The highest BCUT2D eigenvalue weighted by molar-refractivity contribution is 6.21. The molecule has 50 heavy (non-hydrogen) atoms. The molecule has 4 nitrogen and oxygen atoms in total. The standard InChI is InChI=1S/C46H33N3O/c1-45(2)33-16-8-5-12-28(33)29-22-20-27(25-35(29)45)43-47-37-18-9-6-13-30(37)41(48-43)26-21-23-38-36(24-26)46(3,4)34-17-11-15-32-40-31-14-7-10-19-39(31)50-44(40)49(38)42(32)34/h5-25H,1-4H3. The summed E-state index contributed by atoms with van der Waals surface area (Å²) >= 11 is 0. The van der Waals surface area contributed by atoms with Gasteiger partial charge in [0.15, 0.2) is 5.82 Å². The van der Waals surface area contributed by atoms with Gasteiger partial charge in [-0.05, 0) is 63.7 Å². The Morgan fingerprint density at radius 1 is 0.540 bits per heavy atom. The van der Waals surface area contributed by atoms with Crippen LogP contribution in [0.4, 0.5) is 0 Å². The summed E-state index contributed by atoms with van der Waals surface area (Å²) in [6, 6.07) is 45.8. The second-order valence-electron chi connectivity index (χ2n) is 15.0. The molecule has 0 atom stereocenters. The largest absolute Gasteiger partial charge is 0.439 e. The summed E-state index contributed by atoms with van der Waals surface area (Å²) in [7, 11) is 0. The number of rotatable bonds is 2. The van der Waals surface area contributed by atoms with Gasteiger partial charge >= 0.3 is 0 Å². The molecular weight excluding hydrogens is 611 g/mol. The molecular formula is C46H33N3O. The van der Waals surface area contributed by atoms with Crippen molar-refractivity contribution in [2.75, 3.05) is 0 Å². The summed E-state index contributed by atoms with van der Waals surface area (Å²) < 4.78 is 8.97. The molecule has 0 saturated heterocycles. The molecule has 9 aromatic rings. The molecule has 0 unspecified atom stereocenters. The average Bonchev–Trinajstić information content (AvgIpc) is 3.75. The van der Waals surface area contributed by atoms with Crippen LogP contribution in [-0.2, 0) is 10.8 Å². The van der Waals surface area contributed by atoms with Crippen molar-refractivity contribution in [2.45, 2.75) is 38.5 Å². The monoisotopic (exact) mass is 643 g/mol. The molecule has 1 aliphatic carbocycles. The third-order valence-electron chi connectivity index (χ3n) is 11.6. The van der Waals surface area contributed by atoms with Gasteiger partial charge in [-0.2, -0.15) is 0 Å². The molecule has 0 amide bonds. The Morgan fingerprint density at radius 2 is 1.22 bits per heavy atom. The molecule has 0 bridgehead atoms. The lowest BCUT2D eigenvalue weighted by Gasteiger charge is -2.34. The lowest BCUT2D eigenvalue weighted by Crippen LogP contribution is -2.26. The summed E-state index contributed by atoms with van der Waals surface area (Å²) in [4.78, 5) is 10.5. The van der Waals surface area contributed by atoms with Crippen LogP contribution in [0.15, 0.2) is 132 Å². The van der Waals surface area contributed by atoms with Crippen molar-refractivity contribution in [2.24, 2.45) is 0 Å². The fourth-order valence-electron chi connectivity index (χ4n) is 9.07. The minimum absolute atomic E-state index is 0.100. The molecule has 0 N–H and O–H groups in total. The van der Waals surface area contributed by atoms with Crippen molar-refractivity contribution in [1.82, 2.24) is 14.5 Å². The number of hydrogen-bond acceptors (Lipinski definition) is 3. The third kappa shape index (κ3) is 3.45. The lowest BCUT2D eigenvalue weighted by molar-refractivity contribution is 0.612. The molecule has 0 fully saturated rings. The second-order valence-corrected chi connectivity index (χ2v) is 15.0. The molecule has 2 aliphatic rings. The number of furan rings is 1. The maximum absolute atomic E-state index is 6.62. The van der Waals surface area contributed by atoms with Crippen LogP contribution in [0.5, 0.6) is 0 Å². The van der Waals surface area contributed by atoms with Crippen molar-refractivity contribution >= 4 is 43.9 Å². The molecule has 238 valence electrons. The smallest absolute Gasteiger partial charge is 0.213 e. The van der Waals surface area contributed by atoms with Crippen LogP contribution in [0.3, 0.4) is 0 Å². The number of benzene rings is 6. The quantitative estimate of drug-likeness (QED) is 0.188. The zero-order valence-electron chi connectivity index (χ0n) is 28.4. The SMILES string of the molecule is CC1(C)c2ccccc2-c2ccc(-c3nc(-c4ccc5c(c4)C(C)(C)c4cccc6c7c8ccccc8oc7n-5c46)c4ccccc4n3)cc21. The van der Waals surface area contributed by atoms with Crippen molar-refractivity contribution in [3.63, 3.8) is 0 Å². The van der Waals surface area contributed by atoms with Crippen LogP contribution in [0.2, 0.25) is 0 Å². The van der Waals surface area contributed by atoms with Gasteiger partial charge in [0, 0.05) is 38.1 Å². The van der Waals surface area contributed by atoms with E-state index in [1.807, 2.05) is 6.07 Å². The van der Waals surface area contributed by atoms with Crippen molar-refractivity contribution < 1.29 is 4.42 Å². The van der Waals surface area contributed by atoms with Gasteiger partial charge in [-0.15, -0.1) is 0 Å². The zero-order valence-corrected chi connectivity index (χ0v) is 28.4. The van der Waals surface area contributed by atoms with Gasteiger partial charge in [-0.25, -0.2) is 9.97 Å². The summed E-state index contributed by atoms with van der Waals surface area (Å²) in [6.45, 7) is 9.32. The van der Waals surface area contributed by atoms with Crippen LogP contribution in [0, 0.1) is 0 Å². The van der Waals surface area contributed by atoms with Crippen LogP contribution in [-0.4, -0.2) is 14.5 Å². The van der Waals surface area contributed by atoms with Gasteiger partial charge in [-0.1, -0.05) is 125 Å². The number of hydrogen-bond donors (Lipinski definition) is 0. The van der Waals surface area contributed by atoms with E-state index in [0.717, 1.165) is 55.9 Å². The Morgan fingerprint density at radius 3 is 2.12 bits per heavy atom. The van der Waals surface area contributed by atoms with Gasteiger partial charge in [0.05, 0.1) is 27.8 Å². The van der Waals surface area contributed by atoms with Crippen LogP contribution in [0.25, 0.3) is 83.3 Å². The van der Waals surface area contributed by atoms with E-state index in [2.05, 4.69) is 154 Å². The molecule has 0 spiro atoms. The van der Waals surface area contributed by atoms with E-state index in [9.17, 15) is 0 Å². The maximum atomic E-state index is 6.62. The molecule has 0 saturated carbocycles. The first-order valence-corrected chi connectivity index (χ1v) is 17.4. The van der Waals surface area contributed by atoms with E-state index in [4.69, 9.17) is 14.4 Å². The number of fused-ring (bicyclic) bond motifs is 11.